The molecule has 2 aliphatic rings. The summed E-state index contributed by atoms with van der Waals surface area (Å²) < 4.78 is 0. The number of carbonyl (C=O) groups excluding carboxylic acids is 1. The van der Waals surface area contributed by atoms with E-state index in [9.17, 15) is 9.90 Å². The van der Waals surface area contributed by atoms with Crippen molar-refractivity contribution in [3.8, 4) is 0 Å². The third-order valence-corrected chi connectivity index (χ3v) is 4.72. The Hall–Kier alpha value is -0.610. The zero-order valence-electron chi connectivity index (χ0n) is 12.2. The quantitative estimate of drug-likeness (QED) is 0.842. The standard InChI is InChI=1S/C15H28N2O2/c1-2-13-7-4-6-10-17(13)15(19)11-16-9-5-3-8-14(16)12-18/h13-14,18H,2-12H2,1H3/t13-,14+/m0/s1. The summed E-state index contributed by atoms with van der Waals surface area (Å²) in [5.74, 6) is 0.270. The van der Waals surface area contributed by atoms with E-state index in [0.717, 1.165) is 45.2 Å². The van der Waals surface area contributed by atoms with Crippen molar-refractivity contribution in [3.05, 3.63) is 0 Å². The maximum atomic E-state index is 12.5. The monoisotopic (exact) mass is 268 g/mol. The third kappa shape index (κ3) is 3.69. The first-order valence-electron chi connectivity index (χ1n) is 7.90. The third-order valence-electron chi connectivity index (χ3n) is 4.72. The first kappa shape index (κ1) is 14.8. The maximum Gasteiger partial charge on any atom is 0.237 e. The minimum Gasteiger partial charge on any atom is -0.395 e. The van der Waals surface area contributed by atoms with Crippen LogP contribution in [0.15, 0.2) is 0 Å². The first-order valence-corrected chi connectivity index (χ1v) is 7.90. The molecule has 0 radical (unpaired) electrons. The topological polar surface area (TPSA) is 43.8 Å². The molecule has 2 heterocycles. The molecule has 4 nitrogen and oxygen atoms in total. The average Bonchev–Trinajstić information content (AvgIpc) is 2.47. The van der Waals surface area contributed by atoms with Crippen LogP contribution in [0, 0.1) is 0 Å². The van der Waals surface area contributed by atoms with Crippen molar-refractivity contribution in [2.24, 2.45) is 0 Å². The molecule has 2 atom stereocenters. The first-order chi connectivity index (χ1) is 9.26. The summed E-state index contributed by atoms with van der Waals surface area (Å²) in [6, 6.07) is 0.640. The van der Waals surface area contributed by atoms with E-state index in [-0.39, 0.29) is 18.6 Å². The lowest BCUT2D eigenvalue weighted by atomic mass is 9.99. The Kier molecular flexibility index (Phi) is 5.64. The number of amides is 1. The summed E-state index contributed by atoms with van der Waals surface area (Å²) in [5, 5.41) is 9.42. The van der Waals surface area contributed by atoms with E-state index in [0.29, 0.717) is 12.6 Å². The number of hydrogen-bond donors (Lipinski definition) is 1. The highest BCUT2D eigenvalue weighted by atomic mass is 16.3. The van der Waals surface area contributed by atoms with Gasteiger partial charge in [-0.2, -0.15) is 0 Å². The van der Waals surface area contributed by atoms with Crippen LogP contribution in [-0.4, -0.2) is 59.1 Å². The smallest absolute Gasteiger partial charge is 0.237 e. The lowest BCUT2D eigenvalue weighted by molar-refractivity contribution is -0.137. The summed E-state index contributed by atoms with van der Waals surface area (Å²) in [4.78, 5) is 16.8. The van der Waals surface area contributed by atoms with Gasteiger partial charge in [0, 0.05) is 18.6 Å². The van der Waals surface area contributed by atoms with Crippen LogP contribution in [0.3, 0.4) is 0 Å². The average molecular weight is 268 g/mol. The summed E-state index contributed by atoms with van der Waals surface area (Å²) in [6.45, 7) is 4.75. The summed E-state index contributed by atoms with van der Waals surface area (Å²) in [7, 11) is 0. The van der Waals surface area contributed by atoms with Gasteiger partial charge >= 0.3 is 0 Å². The summed E-state index contributed by atoms with van der Waals surface area (Å²) in [6.07, 6.45) is 7.98. The minimum absolute atomic E-state index is 0.185. The van der Waals surface area contributed by atoms with Gasteiger partial charge in [-0.1, -0.05) is 13.3 Å². The highest BCUT2D eigenvalue weighted by Gasteiger charge is 2.29. The molecular formula is C15H28N2O2. The van der Waals surface area contributed by atoms with Crippen LogP contribution in [0.2, 0.25) is 0 Å². The molecule has 4 heteroatoms. The number of piperidine rings is 2. The number of aliphatic hydroxyl groups excluding tert-OH is 1. The van der Waals surface area contributed by atoms with Crippen molar-refractivity contribution < 1.29 is 9.90 Å². The number of carbonyl (C=O) groups is 1. The second-order valence-electron chi connectivity index (χ2n) is 5.95. The number of aliphatic hydroxyl groups is 1. The number of rotatable bonds is 4. The van der Waals surface area contributed by atoms with E-state index in [1.54, 1.807) is 0 Å². The molecule has 0 aromatic carbocycles. The Balaban J connectivity index is 1.91. The fourth-order valence-corrected chi connectivity index (χ4v) is 3.49. The Morgan fingerprint density at radius 1 is 1.11 bits per heavy atom. The molecule has 0 bridgehead atoms. The van der Waals surface area contributed by atoms with Gasteiger partial charge in [-0.25, -0.2) is 0 Å². The summed E-state index contributed by atoms with van der Waals surface area (Å²) >= 11 is 0. The minimum atomic E-state index is 0.185. The number of hydrogen-bond acceptors (Lipinski definition) is 3. The molecule has 0 aromatic heterocycles. The van der Waals surface area contributed by atoms with E-state index in [4.69, 9.17) is 0 Å². The van der Waals surface area contributed by atoms with Crippen LogP contribution in [0.5, 0.6) is 0 Å². The second kappa shape index (κ2) is 7.25. The highest BCUT2D eigenvalue weighted by molar-refractivity contribution is 5.78. The van der Waals surface area contributed by atoms with Gasteiger partial charge in [0.05, 0.1) is 13.2 Å². The van der Waals surface area contributed by atoms with Gasteiger partial charge in [-0.3, -0.25) is 9.69 Å². The van der Waals surface area contributed by atoms with Gasteiger partial charge in [0.25, 0.3) is 0 Å². The molecule has 0 unspecified atom stereocenters. The van der Waals surface area contributed by atoms with Crippen molar-refractivity contribution in [2.45, 2.75) is 64.0 Å². The lowest BCUT2D eigenvalue weighted by Gasteiger charge is -2.39. The zero-order valence-corrected chi connectivity index (χ0v) is 12.2. The van der Waals surface area contributed by atoms with Crippen molar-refractivity contribution >= 4 is 5.91 Å². The Bertz CT molecular complexity index is 296. The van der Waals surface area contributed by atoms with Crippen LogP contribution in [0.4, 0.5) is 0 Å². The van der Waals surface area contributed by atoms with Crippen molar-refractivity contribution in [2.75, 3.05) is 26.2 Å². The van der Waals surface area contributed by atoms with Crippen LogP contribution >= 0.6 is 0 Å². The van der Waals surface area contributed by atoms with Gasteiger partial charge in [0.1, 0.15) is 0 Å². The zero-order chi connectivity index (χ0) is 13.7. The highest BCUT2D eigenvalue weighted by Crippen LogP contribution is 2.21. The van der Waals surface area contributed by atoms with Crippen LogP contribution in [-0.2, 0) is 4.79 Å². The fraction of sp³-hybridized carbons (Fsp3) is 0.933. The summed E-state index contributed by atoms with van der Waals surface area (Å²) in [5.41, 5.74) is 0. The van der Waals surface area contributed by atoms with Gasteiger partial charge in [0.2, 0.25) is 5.91 Å². The van der Waals surface area contributed by atoms with Gasteiger partial charge in [0.15, 0.2) is 0 Å². The molecule has 2 rings (SSSR count). The van der Waals surface area contributed by atoms with Crippen LogP contribution in [0.1, 0.15) is 51.9 Å². The Morgan fingerprint density at radius 2 is 1.79 bits per heavy atom. The number of likely N-dealkylation sites (tertiary alicyclic amines) is 2. The molecular weight excluding hydrogens is 240 g/mol. The van der Waals surface area contributed by atoms with E-state index in [1.165, 1.54) is 12.8 Å². The largest absolute Gasteiger partial charge is 0.395 e. The van der Waals surface area contributed by atoms with E-state index in [1.807, 2.05) is 0 Å². The van der Waals surface area contributed by atoms with Gasteiger partial charge in [-0.15, -0.1) is 0 Å². The van der Waals surface area contributed by atoms with Crippen molar-refractivity contribution in [3.63, 3.8) is 0 Å². The van der Waals surface area contributed by atoms with Gasteiger partial charge in [-0.05, 0) is 45.1 Å². The molecule has 1 N–H and O–H groups in total. The molecule has 0 aromatic rings. The molecule has 0 saturated carbocycles. The molecule has 0 aliphatic carbocycles. The van der Waals surface area contributed by atoms with Gasteiger partial charge < -0.3 is 10.0 Å². The van der Waals surface area contributed by atoms with E-state index >= 15 is 0 Å². The number of nitrogens with zero attached hydrogens (tertiary/aromatic N) is 2. The van der Waals surface area contributed by atoms with Crippen molar-refractivity contribution in [1.82, 2.24) is 9.80 Å². The van der Waals surface area contributed by atoms with E-state index < -0.39 is 0 Å². The molecule has 110 valence electrons. The van der Waals surface area contributed by atoms with E-state index in [2.05, 4.69) is 16.7 Å². The maximum absolute atomic E-state index is 12.5. The van der Waals surface area contributed by atoms with Crippen LogP contribution < -0.4 is 0 Å². The SMILES string of the molecule is CC[C@H]1CCCCN1C(=O)CN1CCCC[C@@H]1CO. The fourth-order valence-electron chi connectivity index (χ4n) is 3.49. The molecule has 2 saturated heterocycles. The molecule has 2 aliphatic heterocycles. The predicted molar refractivity (Wildman–Crippen MR) is 75.9 cm³/mol. The predicted octanol–water partition coefficient (Wildman–Crippen LogP) is 1.62. The second-order valence-corrected chi connectivity index (χ2v) is 5.95. The molecule has 19 heavy (non-hydrogen) atoms. The van der Waals surface area contributed by atoms with Crippen molar-refractivity contribution in [1.29, 1.82) is 0 Å². The Labute approximate surface area is 116 Å². The molecule has 1 amide bonds. The Morgan fingerprint density at radius 3 is 2.47 bits per heavy atom. The molecule has 2 fully saturated rings. The molecule has 0 spiro atoms. The lowest BCUT2D eigenvalue weighted by Crippen LogP contribution is -2.51. The van der Waals surface area contributed by atoms with Crippen LogP contribution in [0.25, 0.3) is 0 Å². The normalized spacial score (nSPS) is 29.5.